The topological polar surface area (TPSA) is 32.3 Å². The van der Waals surface area contributed by atoms with Gasteiger partial charge in [-0.2, -0.15) is 0 Å². The highest BCUT2D eigenvalue weighted by Gasteiger charge is 2.31. The van der Waals surface area contributed by atoms with Crippen molar-refractivity contribution in [2.24, 2.45) is 0 Å². The molecule has 0 aliphatic heterocycles. The van der Waals surface area contributed by atoms with Gasteiger partial charge in [0.2, 0.25) is 5.91 Å². The van der Waals surface area contributed by atoms with Gasteiger partial charge in [-0.15, -0.1) is 0 Å². The van der Waals surface area contributed by atoms with E-state index in [2.05, 4.69) is 5.32 Å². The maximum absolute atomic E-state index is 12.9. The van der Waals surface area contributed by atoms with E-state index < -0.39 is 0 Å². The molecule has 1 saturated carbocycles. The van der Waals surface area contributed by atoms with Gasteiger partial charge >= 0.3 is 0 Å². The first kappa shape index (κ1) is 14.0. The SMILES string of the molecule is CNCCCC(=O)N(Cc1ccc(F)cc1)C1CC1. The summed E-state index contributed by atoms with van der Waals surface area (Å²) in [5, 5.41) is 3.05. The van der Waals surface area contributed by atoms with Crippen molar-refractivity contribution < 1.29 is 9.18 Å². The highest BCUT2D eigenvalue weighted by Crippen LogP contribution is 2.29. The molecule has 0 bridgehead atoms. The molecule has 0 spiro atoms. The lowest BCUT2D eigenvalue weighted by atomic mass is 10.2. The van der Waals surface area contributed by atoms with Gasteiger partial charge in [0.05, 0.1) is 0 Å². The van der Waals surface area contributed by atoms with Gasteiger partial charge in [0, 0.05) is 19.0 Å². The Hall–Kier alpha value is -1.42. The van der Waals surface area contributed by atoms with E-state index in [9.17, 15) is 9.18 Å². The maximum atomic E-state index is 12.9. The van der Waals surface area contributed by atoms with Crippen LogP contribution in [0.1, 0.15) is 31.2 Å². The number of halogens is 1. The van der Waals surface area contributed by atoms with Crippen LogP contribution in [0.15, 0.2) is 24.3 Å². The van der Waals surface area contributed by atoms with E-state index in [1.165, 1.54) is 12.1 Å². The molecule has 0 radical (unpaired) electrons. The van der Waals surface area contributed by atoms with Crippen LogP contribution in [-0.2, 0) is 11.3 Å². The van der Waals surface area contributed by atoms with Crippen molar-refractivity contribution in [3.8, 4) is 0 Å². The van der Waals surface area contributed by atoms with E-state index >= 15 is 0 Å². The molecular weight excluding hydrogens is 243 g/mol. The zero-order chi connectivity index (χ0) is 13.7. The quantitative estimate of drug-likeness (QED) is 0.767. The number of nitrogens with zero attached hydrogens (tertiary/aromatic N) is 1. The van der Waals surface area contributed by atoms with Crippen molar-refractivity contribution in [3.05, 3.63) is 35.6 Å². The fraction of sp³-hybridized carbons (Fsp3) is 0.533. The van der Waals surface area contributed by atoms with Gasteiger partial charge in [-0.25, -0.2) is 4.39 Å². The summed E-state index contributed by atoms with van der Waals surface area (Å²) in [7, 11) is 1.89. The van der Waals surface area contributed by atoms with Crippen molar-refractivity contribution in [1.82, 2.24) is 10.2 Å². The fourth-order valence-corrected chi connectivity index (χ4v) is 2.15. The van der Waals surface area contributed by atoms with Crippen LogP contribution >= 0.6 is 0 Å². The minimum Gasteiger partial charge on any atom is -0.335 e. The zero-order valence-electron chi connectivity index (χ0n) is 11.4. The largest absolute Gasteiger partial charge is 0.335 e. The van der Waals surface area contributed by atoms with Crippen LogP contribution in [0.5, 0.6) is 0 Å². The highest BCUT2D eigenvalue weighted by atomic mass is 19.1. The average molecular weight is 264 g/mol. The Morgan fingerprint density at radius 2 is 2.05 bits per heavy atom. The molecule has 0 saturated heterocycles. The summed E-state index contributed by atoms with van der Waals surface area (Å²) in [4.78, 5) is 14.1. The normalized spacial score (nSPS) is 14.4. The number of nitrogens with one attached hydrogen (secondary N) is 1. The summed E-state index contributed by atoms with van der Waals surface area (Å²) in [6, 6.07) is 6.81. The Kier molecular flexibility index (Phi) is 4.91. The smallest absolute Gasteiger partial charge is 0.223 e. The summed E-state index contributed by atoms with van der Waals surface area (Å²) < 4.78 is 12.9. The minimum atomic E-state index is -0.234. The zero-order valence-corrected chi connectivity index (χ0v) is 11.4. The predicted octanol–water partition coefficient (Wildman–Crippen LogP) is 2.32. The number of hydrogen-bond acceptors (Lipinski definition) is 2. The summed E-state index contributed by atoms with van der Waals surface area (Å²) in [6.07, 6.45) is 3.64. The highest BCUT2D eigenvalue weighted by molar-refractivity contribution is 5.76. The van der Waals surface area contributed by atoms with Gasteiger partial charge in [0.25, 0.3) is 0 Å². The number of rotatable bonds is 7. The van der Waals surface area contributed by atoms with E-state index in [-0.39, 0.29) is 11.7 Å². The van der Waals surface area contributed by atoms with Crippen LogP contribution in [0, 0.1) is 5.82 Å². The Morgan fingerprint density at radius 3 is 2.63 bits per heavy atom. The summed E-state index contributed by atoms with van der Waals surface area (Å²) in [6.45, 7) is 1.46. The molecule has 3 nitrogen and oxygen atoms in total. The Balaban J connectivity index is 1.92. The standard InChI is InChI=1S/C15H21FN2O/c1-17-10-2-3-15(19)18(14-8-9-14)11-12-4-6-13(16)7-5-12/h4-7,14,17H,2-3,8-11H2,1H3. The van der Waals surface area contributed by atoms with Crippen LogP contribution in [0.4, 0.5) is 4.39 Å². The second kappa shape index (κ2) is 6.66. The summed E-state index contributed by atoms with van der Waals surface area (Å²) >= 11 is 0. The van der Waals surface area contributed by atoms with E-state index in [0.717, 1.165) is 31.4 Å². The second-order valence-electron chi connectivity index (χ2n) is 5.09. The van der Waals surface area contributed by atoms with Gasteiger partial charge in [-0.3, -0.25) is 4.79 Å². The monoisotopic (exact) mass is 264 g/mol. The molecule has 1 N–H and O–H groups in total. The van der Waals surface area contributed by atoms with Crippen molar-refractivity contribution >= 4 is 5.91 Å². The molecule has 1 aliphatic carbocycles. The molecule has 1 amide bonds. The minimum absolute atomic E-state index is 0.210. The maximum Gasteiger partial charge on any atom is 0.223 e. The van der Waals surface area contributed by atoms with Crippen LogP contribution in [0.3, 0.4) is 0 Å². The molecule has 19 heavy (non-hydrogen) atoms. The third-order valence-electron chi connectivity index (χ3n) is 3.39. The number of hydrogen-bond donors (Lipinski definition) is 1. The van der Waals surface area contributed by atoms with Gasteiger partial charge in [0.15, 0.2) is 0 Å². The van der Waals surface area contributed by atoms with E-state index in [0.29, 0.717) is 19.0 Å². The van der Waals surface area contributed by atoms with Gasteiger partial charge in [-0.1, -0.05) is 12.1 Å². The number of carbonyl (C=O) groups excluding carboxylic acids is 1. The molecular formula is C15H21FN2O. The van der Waals surface area contributed by atoms with Gasteiger partial charge in [0.1, 0.15) is 5.82 Å². The molecule has 1 aromatic carbocycles. The van der Waals surface area contributed by atoms with Crippen molar-refractivity contribution in [2.75, 3.05) is 13.6 Å². The molecule has 1 aromatic rings. The number of amides is 1. The second-order valence-corrected chi connectivity index (χ2v) is 5.09. The lowest BCUT2D eigenvalue weighted by molar-refractivity contribution is -0.132. The Labute approximate surface area is 113 Å². The van der Waals surface area contributed by atoms with Crippen molar-refractivity contribution in [2.45, 2.75) is 38.3 Å². The van der Waals surface area contributed by atoms with Crippen LogP contribution < -0.4 is 5.32 Å². The lowest BCUT2D eigenvalue weighted by Gasteiger charge is -2.22. The summed E-state index contributed by atoms with van der Waals surface area (Å²) in [5.41, 5.74) is 0.996. The fourth-order valence-electron chi connectivity index (χ4n) is 2.15. The van der Waals surface area contributed by atoms with E-state index in [1.807, 2.05) is 11.9 Å². The van der Waals surface area contributed by atoms with Crippen molar-refractivity contribution in [1.29, 1.82) is 0 Å². The van der Waals surface area contributed by atoms with Crippen molar-refractivity contribution in [3.63, 3.8) is 0 Å². The van der Waals surface area contributed by atoms with Crippen LogP contribution in [-0.4, -0.2) is 30.4 Å². The average Bonchev–Trinajstić information content (AvgIpc) is 3.22. The van der Waals surface area contributed by atoms with E-state index in [4.69, 9.17) is 0 Å². The number of carbonyl (C=O) groups is 1. The summed E-state index contributed by atoms with van der Waals surface area (Å²) in [5.74, 6) is -0.0239. The molecule has 0 aromatic heterocycles. The molecule has 1 fully saturated rings. The molecule has 0 heterocycles. The number of benzene rings is 1. The molecule has 0 atom stereocenters. The third-order valence-corrected chi connectivity index (χ3v) is 3.39. The van der Waals surface area contributed by atoms with Gasteiger partial charge < -0.3 is 10.2 Å². The van der Waals surface area contributed by atoms with Crippen LogP contribution in [0.2, 0.25) is 0 Å². The molecule has 104 valence electrons. The first-order chi connectivity index (χ1) is 9.20. The Morgan fingerprint density at radius 1 is 1.37 bits per heavy atom. The van der Waals surface area contributed by atoms with Crippen LogP contribution in [0.25, 0.3) is 0 Å². The predicted molar refractivity (Wildman–Crippen MR) is 73.1 cm³/mol. The molecule has 4 heteroatoms. The van der Waals surface area contributed by atoms with Gasteiger partial charge in [-0.05, 0) is 50.6 Å². The lowest BCUT2D eigenvalue weighted by Crippen LogP contribution is -2.32. The Bertz CT molecular complexity index is 415. The molecule has 1 aliphatic rings. The first-order valence-corrected chi connectivity index (χ1v) is 6.89. The third kappa shape index (κ3) is 4.31. The molecule has 2 rings (SSSR count). The van der Waals surface area contributed by atoms with E-state index in [1.54, 1.807) is 12.1 Å². The first-order valence-electron chi connectivity index (χ1n) is 6.89. The molecule has 0 unspecified atom stereocenters.